The highest BCUT2D eigenvalue weighted by Crippen LogP contribution is 2.28. The summed E-state index contributed by atoms with van der Waals surface area (Å²) in [6, 6.07) is 5.28. The summed E-state index contributed by atoms with van der Waals surface area (Å²) in [6.45, 7) is 0.795. The van der Waals surface area contributed by atoms with Crippen molar-refractivity contribution in [1.29, 1.82) is 0 Å². The number of aliphatic hydroxyl groups excluding tert-OH is 1. The molecule has 1 aliphatic heterocycles. The van der Waals surface area contributed by atoms with Crippen LogP contribution in [0.15, 0.2) is 22.6 Å². The zero-order valence-corrected chi connectivity index (χ0v) is 13.3. The van der Waals surface area contributed by atoms with Crippen molar-refractivity contribution in [2.75, 3.05) is 13.2 Å². The van der Waals surface area contributed by atoms with Crippen LogP contribution in [0, 0.1) is 0 Å². The Morgan fingerprint density at radius 2 is 1.91 bits per heavy atom. The van der Waals surface area contributed by atoms with E-state index in [2.05, 4.69) is 4.40 Å². The van der Waals surface area contributed by atoms with Crippen molar-refractivity contribution in [3.63, 3.8) is 0 Å². The smallest absolute Gasteiger partial charge is 0.259 e. The Hall–Kier alpha value is -1.60. The fourth-order valence-corrected chi connectivity index (χ4v) is 3.55. The quantitative estimate of drug-likeness (QED) is 0.706. The Labute approximate surface area is 131 Å². The van der Waals surface area contributed by atoms with Crippen LogP contribution in [0.2, 0.25) is 0 Å². The molecule has 0 aliphatic carbocycles. The molecule has 7 heteroatoms. The zero-order chi connectivity index (χ0) is 16.0. The van der Waals surface area contributed by atoms with E-state index in [4.69, 9.17) is 15.6 Å². The molecular weight excluding hydrogens is 304 g/mol. The van der Waals surface area contributed by atoms with Crippen LogP contribution in [0.5, 0.6) is 5.75 Å². The Balaban J connectivity index is 1.94. The molecule has 0 atom stereocenters. The van der Waals surface area contributed by atoms with Crippen LogP contribution < -0.4 is 10.5 Å². The molecular formula is C15H22N2O4S. The van der Waals surface area contributed by atoms with Gasteiger partial charge in [-0.05, 0) is 24.5 Å². The first kappa shape index (κ1) is 16.8. The molecule has 0 spiro atoms. The Kier molecular flexibility index (Phi) is 5.79. The van der Waals surface area contributed by atoms with E-state index in [0.717, 1.165) is 32.1 Å². The molecule has 6 nitrogen and oxygen atoms in total. The number of hydrogen-bond donors (Lipinski definition) is 2. The zero-order valence-electron chi connectivity index (χ0n) is 12.5. The Morgan fingerprint density at radius 3 is 2.68 bits per heavy atom. The lowest BCUT2D eigenvalue weighted by atomic mass is 10.1. The predicted molar refractivity (Wildman–Crippen MR) is 85.5 cm³/mol. The molecule has 0 fully saturated rings. The van der Waals surface area contributed by atoms with E-state index in [1.54, 1.807) is 18.2 Å². The number of amidine groups is 1. The van der Waals surface area contributed by atoms with Gasteiger partial charge in [-0.2, -0.15) is 0 Å². The van der Waals surface area contributed by atoms with Gasteiger partial charge >= 0.3 is 0 Å². The van der Waals surface area contributed by atoms with Crippen LogP contribution in [0.25, 0.3) is 0 Å². The third-order valence-corrected chi connectivity index (χ3v) is 4.65. The van der Waals surface area contributed by atoms with E-state index in [1.807, 2.05) is 0 Å². The average molecular weight is 326 g/mol. The normalized spacial score (nSPS) is 16.0. The molecule has 1 aromatic carbocycles. The van der Waals surface area contributed by atoms with Crippen LogP contribution in [0.1, 0.15) is 43.2 Å². The highest BCUT2D eigenvalue weighted by molar-refractivity contribution is 7.89. The average Bonchev–Trinajstić information content (AvgIpc) is 2.44. The number of ether oxygens (including phenoxy) is 1. The van der Waals surface area contributed by atoms with E-state index in [0.29, 0.717) is 23.5 Å². The van der Waals surface area contributed by atoms with Crippen molar-refractivity contribution >= 4 is 15.9 Å². The minimum atomic E-state index is -3.51. The van der Waals surface area contributed by atoms with Crippen molar-refractivity contribution < 1.29 is 18.3 Å². The lowest BCUT2D eigenvalue weighted by molar-refractivity contribution is 0.278. The number of unbranched alkanes of at least 4 members (excludes halogenated alkanes) is 4. The summed E-state index contributed by atoms with van der Waals surface area (Å²) in [7, 11) is -3.51. The molecule has 3 N–H and O–H groups in total. The minimum absolute atomic E-state index is 0.000189. The van der Waals surface area contributed by atoms with Gasteiger partial charge in [0.2, 0.25) is 0 Å². The van der Waals surface area contributed by atoms with Gasteiger partial charge in [0.1, 0.15) is 11.6 Å². The summed E-state index contributed by atoms with van der Waals surface area (Å²) >= 11 is 0. The third-order valence-electron chi connectivity index (χ3n) is 3.50. The fourth-order valence-electron chi connectivity index (χ4n) is 2.46. The molecule has 2 rings (SSSR count). The van der Waals surface area contributed by atoms with E-state index in [-0.39, 0.29) is 18.2 Å². The van der Waals surface area contributed by atoms with Gasteiger partial charge in [0.25, 0.3) is 10.0 Å². The molecule has 0 bridgehead atoms. The lowest BCUT2D eigenvalue weighted by Gasteiger charge is -2.18. The highest BCUT2D eigenvalue weighted by Gasteiger charge is 2.24. The second kappa shape index (κ2) is 7.60. The van der Waals surface area contributed by atoms with Gasteiger partial charge < -0.3 is 15.6 Å². The number of sulfonamides is 1. The van der Waals surface area contributed by atoms with Gasteiger partial charge in [0, 0.05) is 6.61 Å². The number of hydrogen-bond acceptors (Lipinski definition) is 5. The predicted octanol–water partition coefficient (Wildman–Crippen LogP) is 1.56. The van der Waals surface area contributed by atoms with E-state index in [1.165, 1.54) is 0 Å². The SMILES string of the molecule is NC1=NS(=O)(=O)Cc2cccc(OCCCCCCCO)c21. The van der Waals surface area contributed by atoms with Crippen molar-refractivity contribution in [1.82, 2.24) is 0 Å². The maximum atomic E-state index is 11.6. The number of nitrogens with two attached hydrogens (primary N) is 1. The number of nitrogens with zero attached hydrogens (tertiary/aromatic N) is 1. The number of fused-ring (bicyclic) bond motifs is 1. The summed E-state index contributed by atoms with van der Waals surface area (Å²) in [5, 5.41) is 8.70. The summed E-state index contributed by atoms with van der Waals surface area (Å²) < 4.78 is 32.5. The van der Waals surface area contributed by atoms with Crippen molar-refractivity contribution in [3.8, 4) is 5.75 Å². The molecule has 1 aromatic rings. The second-order valence-corrected chi connectivity index (χ2v) is 6.97. The molecule has 0 radical (unpaired) electrons. The fraction of sp³-hybridized carbons (Fsp3) is 0.533. The number of rotatable bonds is 8. The first-order valence-electron chi connectivity index (χ1n) is 7.47. The molecule has 22 heavy (non-hydrogen) atoms. The monoisotopic (exact) mass is 326 g/mol. The summed E-state index contributed by atoms with van der Waals surface area (Å²) in [6.07, 6.45) is 4.87. The first-order valence-corrected chi connectivity index (χ1v) is 9.08. The number of aliphatic hydroxyl groups is 1. The third kappa shape index (κ3) is 4.45. The van der Waals surface area contributed by atoms with Crippen LogP contribution in [-0.4, -0.2) is 32.6 Å². The largest absolute Gasteiger partial charge is 0.493 e. The van der Waals surface area contributed by atoms with Gasteiger partial charge in [0.15, 0.2) is 0 Å². The highest BCUT2D eigenvalue weighted by atomic mass is 32.2. The van der Waals surface area contributed by atoms with Crippen LogP contribution in [-0.2, 0) is 15.8 Å². The van der Waals surface area contributed by atoms with Gasteiger partial charge in [0.05, 0.1) is 17.9 Å². The van der Waals surface area contributed by atoms with E-state index >= 15 is 0 Å². The minimum Gasteiger partial charge on any atom is -0.493 e. The van der Waals surface area contributed by atoms with E-state index < -0.39 is 10.0 Å². The number of benzene rings is 1. The van der Waals surface area contributed by atoms with Crippen molar-refractivity contribution in [2.45, 2.75) is 37.9 Å². The standard InChI is InChI=1S/C15H22N2O4S/c16-15-14-12(11-22(19,20)17-15)7-6-8-13(14)21-10-5-3-1-2-4-9-18/h6-8,18H,1-5,9-11H2,(H2,16,17). The van der Waals surface area contributed by atoms with Gasteiger partial charge in [-0.1, -0.05) is 31.4 Å². The second-order valence-electron chi connectivity index (χ2n) is 5.33. The van der Waals surface area contributed by atoms with Crippen LogP contribution >= 0.6 is 0 Å². The van der Waals surface area contributed by atoms with Crippen LogP contribution in [0.3, 0.4) is 0 Å². The molecule has 1 heterocycles. The topological polar surface area (TPSA) is 102 Å². The summed E-state index contributed by atoms with van der Waals surface area (Å²) in [5.74, 6) is 0.449. The maximum Gasteiger partial charge on any atom is 0.259 e. The maximum absolute atomic E-state index is 11.6. The molecule has 0 saturated carbocycles. The molecule has 1 aliphatic rings. The molecule has 0 amide bonds. The van der Waals surface area contributed by atoms with Gasteiger partial charge in [-0.15, -0.1) is 4.40 Å². The molecule has 0 saturated heterocycles. The molecule has 0 unspecified atom stereocenters. The summed E-state index contributed by atoms with van der Waals surface area (Å²) in [5.41, 5.74) is 7.00. The first-order chi connectivity index (χ1) is 10.5. The van der Waals surface area contributed by atoms with Crippen LogP contribution in [0.4, 0.5) is 0 Å². The van der Waals surface area contributed by atoms with Gasteiger partial charge in [-0.3, -0.25) is 0 Å². The van der Waals surface area contributed by atoms with E-state index in [9.17, 15) is 8.42 Å². The Bertz CT molecular complexity index is 641. The van der Waals surface area contributed by atoms with Crippen molar-refractivity contribution in [3.05, 3.63) is 29.3 Å². The van der Waals surface area contributed by atoms with Gasteiger partial charge in [-0.25, -0.2) is 8.42 Å². The van der Waals surface area contributed by atoms with Crippen molar-refractivity contribution in [2.24, 2.45) is 10.1 Å². The summed E-state index contributed by atoms with van der Waals surface area (Å²) in [4.78, 5) is 0. The lowest BCUT2D eigenvalue weighted by Crippen LogP contribution is -2.24. The molecule has 122 valence electrons. The molecule has 0 aromatic heterocycles. The Morgan fingerprint density at radius 1 is 1.18 bits per heavy atom.